The summed E-state index contributed by atoms with van der Waals surface area (Å²) in [6.07, 6.45) is 6.02. The summed E-state index contributed by atoms with van der Waals surface area (Å²) < 4.78 is 1.77. The maximum atomic E-state index is 4.26. The van der Waals surface area contributed by atoms with E-state index < -0.39 is 0 Å². The highest BCUT2D eigenvalue weighted by Crippen LogP contribution is 2.17. The van der Waals surface area contributed by atoms with Crippen molar-refractivity contribution >= 4 is 11.5 Å². The van der Waals surface area contributed by atoms with E-state index >= 15 is 0 Å². The van der Waals surface area contributed by atoms with E-state index in [1.54, 1.807) is 10.7 Å². The third-order valence-corrected chi connectivity index (χ3v) is 3.60. The van der Waals surface area contributed by atoms with Crippen LogP contribution in [-0.4, -0.2) is 50.7 Å². The quantitative estimate of drug-likeness (QED) is 0.867. The van der Waals surface area contributed by atoms with Crippen LogP contribution < -0.4 is 10.2 Å². The van der Waals surface area contributed by atoms with E-state index in [0.717, 1.165) is 25.5 Å². The molecule has 0 aromatic carbocycles. The fourth-order valence-electron chi connectivity index (χ4n) is 2.76. The average Bonchev–Trinajstić information content (AvgIpc) is 3.07. The third-order valence-electron chi connectivity index (χ3n) is 3.60. The number of rotatable bonds is 5. The van der Waals surface area contributed by atoms with Gasteiger partial charge in [0, 0.05) is 19.1 Å². The molecule has 0 radical (unpaired) electrons. The van der Waals surface area contributed by atoms with Gasteiger partial charge >= 0.3 is 0 Å². The number of hydrogen-bond acceptors (Lipinski definition) is 6. The topological polar surface area (TPSA) is 71.2 Å². The molecule has 0 saturated carbocycles. The van der Waals surface area contributed by atoms with Crippen LogP contribution in [0.3, 0.4) is 0 Å². The molecule has 20 heavy (non-hydrogen) atoms. The van der Waals surface area contributed by atoms with Gasteiger partial charge in [0.1, 0.15) is 0 Å². The summed E-state index contributed by atoms with van der Waals surface area (Å²) in [6.45, 7) is 7.51. The number of hydrogen-bond donors (Lipinski definition) is 1. The molecule has 1 atom stereocenters. The highest BCUT2D eigenvalue weighted by molar-refractivity contribution is 5.46. The number of aromatic nitrogens is 5. The molecule has 2 aromatic rings. The van der Waals surface area contributed by atoms with E-state index in [-0.39, 0.29) is 0 Å². The summed E-state index contributed by atoms with van der Waals surface area (Å²) in [5.41, 5.74) is 0.690. The molecule has 7 heteroatoms. The number of nitrogens with zero attached hydrogens (tertiary/aromatic N) is 6. The van der Waals surface area contributed by atoms with Crippen molar-refractivity contribution in [3.8, 4) is 0 Å². The van der Waals surface area contributed by atoms with Crippen LogP contribution in [0.1, 0.15) is 26.7 Å². The normalized spacial score (nSPS) is 19.1. The van der Waals surface area contributed by atoms with E-state index in [2.05, 4.69) is 44.6 Å². The number of fused-ring (bicyclic) bond motifs is 1. The van der Waals surface area contributed by atoms with Gasteiger partial charge in [-0.15, -0.1) is 5.10 Å². The average molecular weight is 275 g/mol. The minimum atomic E-state index is 0.542. The highest BCUT2D eigenvalue weighted by Gasteiger charge is 2.21. The van der Waals surface area contributed by atoms with E-state index in [1.807, 2.05) is 6.20 Å². The molecule has 1 aliphatic heterocycles. The Hall–Kier alpha value is -1.76. The van der Waals surface area contributed by atoms with Crippen molar-refractivity contribution < 1.29 is 0 Å². The molecule has 7 nitrogen and oxygen atoms in total. The molecule has 1 unspecified atom stereocenters. The van der Waals surface area contributed by atoms with Crippen molar-refractivity contribution in [3.63, 3.8) is 0 Å². The van der Waals surface area contributed by atoms with E-state index in [9.17, 15) is 0 Å². The summed E-state index contributed by atoms with van der Waals surface area (Å²) in [7, 11) is 0. The minimum absolute atomic E-state index is 0.542. The van der Waals surface area contributed by atoms with Crippen molar-refractivity contribution in [2.75, 3.05) is 24.5 Å². The van der Waals surface area contributed by atoms with Gasteiger partial charge in [-0.25, -0.2) is 0 Å². The molecule has 1 N–H and O–H groups in total. The second-order valence-corrected chi connectivity index (χ2v) is 5.81. The Morgan fingerprint density at radius 1 is 1.45 bits per heavy atom. The molecule has 0 aliphatic carbocycles. The Bertz CT molecular complexity index is 559. The third kappa shape index (κ3) is 2.72. The van der Waals surface area contributed by atoms with Crippen LogP contribution in [0.5, 0.6) is 0 Å². The number of anilines is 1. The van der Waals surface area contributed by atoms with Crippen LogP contribution in [0, 0.1) is 5.92 Å². The first kappa shape index (κ1) is 13.2. The first-order chi connectivity index (χ1) is 9.74. The van der Waals surface area contributed by atoms with Gasteiger partial charge in [0.2, 0.25) is 0 Å². The molecule has 108 valence electrons. The van der Waals surface area contributed by atoms with Crippen molar-refractivity contribution in [2.45, 2.75) is 32.7 Å². The zero-order valence-corrected chi connectivity index (χ0v) is 12.0. The number of nitrogens with one attached hydrogen (secondary N) is 1. The minimum Gasteiger partial charge on any atom is -0.353 e. The van der Waals surface area contributed by atoms with Crippen molar-refractivity contribution in [3.05, 3.63) is 12.4 Å². The molecule has 3 heterocycles. The molecule has 1 aliphatic rings. The van der Waals surface area contributed by atoms with Crippen LogP contribution in [-0.2, 0) is 0 Å². The maximum Gasteiger partial charge on any atom is 0.199 e. The Balaban J connectivity index is 1.88. The van der Waals surface area contributed by atoms with Gasteiger partial charge in [0.25, 0.3) is 0 Å². The van der Waals surface area contributed by atoms with Gasteiger partial charge in [-0.2, -0.15) is 4.52 Å². The number of tetrazole rings is 1. The summed E-state index contributed by atoms with van der Waals surface area (Å²) in [5.74, 6) is 1.54. The zero-order chi connectivity index (χ0) is 13.9. The lowest BCUT2D eigenvalue weighted by molar-refractivity contribution is 0.533. The van der Waals surface area contributed by atoms with E-state index in [1.165, 1.54) is 12.8 Å². The highest BCUT2D eigenvalue weighted by atomic mass is 15.5. The van der Waals surface area contributed by atoms with Crippen LogP contribution >= 0.6 is 0 Å². The zero-order valence-electron chi connectivity index (χ0n) is 12.0. The van der Waals surface area contributed by atoms with Crippen LogP contribution in [0.15, 0.2) is 12.4 Å². The fraction of sp³-hybridized carbons (Fsp3) is 0.692. The van der Waals surface area contributed by atoms with Gasteiger partial charge < -0.3 is 10.2 Å². The SMILES string of the molecule is CC(C)CN(CC1CCCN1)c1cncc2nnnn12. The fourth-order valence-corrected chi connectivity index (χ4v) is 2.76. The van der Waals surface area contributed by atoms with Gasteiger partial charge in [0.15, 0.2) is 11.5 Å². The summed E-state index contributed by atoms with van der Waals surface area (Å²) in [4.78, 5) is 6.60. The molecule has 0 spiro atoms. The lowest BCUT2D eigenvalue weighted by Crippen LogP contribution is -2.40. The molecular weight excluding hydrogens is 254 g/mol. The predicted molar refractivity (Wildman–Crippen MR) is 76.7 cm³/mol. The second kappa shape index (κ2) is 5.70. The summed E-state index contributed by atoms with van der Waals surface area (Å²) >= 11 is 0. The molecular formula is C13H21N7. The standard InChI is InChI=1S/C13H21N7/c1-10(2)8-19(9-11-4-3-5-15-11)13-7-14-6-12-16-17-18-20(12)13/h6-7,10-11,15H,3-5,8-9H2,1-2H3. The van der Waals surface area contributed by atoms with Crippen molar-refractivity contribution in [1.29, 1.82) is 0 Å². The molecule has 0 bridgehead atoms. The lowest BCUT2D eigenvalue weighted by Gasteiger charge is -2.28. The predicted octanol–water partition coefficient (Wildman–Crippen LogP) is 0.734. The summed E-state index contributed by atoms with van der Waals surface area (Å²) in [6, 6.07) is 0.542. The molecule has 0 amide bonds. The van der Waals surface area contributed by atoms with Crippen molar-refractivity contribution in [2.24, 2.45) is 5.92 Å². The second-order valence-electron chi connectivity index (χ2n) is 5.81. The first-order valence-electron chi connectivity index (χ1n) is 7.24. The molecule has 1 saturated heterocycles. The molecule has 3 rings (SSSR count). The van der Waals surface area contributed by atoms with E-state index in [0.29, 0.717) is 17.6 Å². The van der Waals surface area contributed by atoms with E-state index in [4.69, 9.17) is 0 Å². The Kier molecular flexibility index (Phi) is 3.77. The Morgan fingerprint density at radius 3 is 3.10 bits per heavy atom. The van der Waals surface area contributed by atoms with Gasteiger partial charge in [-0.1, -0.05) is 13.8 Å². The Labute approximate surface area is 118 Å². The maximum absolute atomic E-state index is 4.26. The van der Waals surface area contributed by atoms with Crippen LogP contribution in [0.2, 0.25) is 0 Å². The monoisotopic (exact) mass is 275 g/mol. The molecule has 1 fully saturated rings. The largest absolute Gasteiger partial charge is 0.353 e. The first-order valence-corrected chi connectivity index (χ1v) is 7.24. The lowest BCUT2D eigenvalue weighted by atomic mass is 10.1. The van der Waals surface area contributed by atoms with Crippen LogP contribution in [0.25, 0.3) is 5.65 Å². The smallest absolute Gasteiger partial charge is 0.199 e. The Morgan fingerprint density at radius 2 is 2.35 bits per heavy atom. The van der Waals surface area contributed by atoms with Gasteiger partial charge in [-0.05, 0) is 35.7 Å². The van der Waals surface area contributed by atoms with Crippen LogP contribution in [0.4, 0.5) is 5.82 Å². The van der Waals surface area contributed by atoms with Gasteiger partial charge in [-0.3, -0.25) is 4.98 Å². The summed E-state index contributed by atoms with van der Waals surface area (Å²) in [5, 5.41) is 15.3. The molecule has 2 aromatic heterocycles. The van der Waals surface area contributed by atoms with Crippen molar-refractivity contribution in [1.82, 2.24) is 30.3 Å². The van der Waals surface area contributed by atoms with Gasteiger partial charge in [0.05, 0.1) is 12.4 Å².